The van der Waals surface area contributed by atoms with E-state index in [4.69, 9.17) is 5.84 Å². The van der Waals surface area contributed by atoms with E-state index in [1.54, 1.807) is 17.1 Å². The summed E-state index contributed by atoms with van der Waals surface area (Å²) in [7, 11) is 0. The molecule has 17 heavy (non-hydrogen) atoms. The van der Waals surface area contributed by atoms with Gasteiger partial charge in [-0.05, 0) is 6.92 Å². The van der Waals surface area contributed by atoms with Gasteiger partial charge >= 0.3 is 0 Å². The Bertz CT molecular complexity index is 466. The van der Waals surface area contributed by atoms with E-state index >= 15 is 0 Å². The highest BCUT2D eigenvalue weighted by Crippen LogP contribution is 2.08. The molecule has 0 fully saturated rings. The van der Waals surface area contributed by atoms with Crippen molar-refractivity contribution in [2.24, 2.45) is 5.84 Å². The van der Waals surface area contributed by atoms with Crippen LogP contribution in [0, 0.1) is 6.92 Å². The summed E-state index contributed by atoms with van der Waals surface area (Å²) >= 11 is 0. The number of aromatic nitrogens is 5. The first-order valence-corrected chi connectivity index (χ1v) is 5.18. The van der Waals surface area contributed by atoms with Crippen molar-refractivity contribution in [1.82, 2.24) is 25.0 Å². The van der Waals surface area contributed by atoms with E-state index in [0.717, 1.165) is 11.5 Å². The van der Waals surface area contributed by atoms with Gasteiger partial charge < -0.3 is 5.32 Å². The fraction of sp³-hybridized carbons (Fsp3) is 0.333. The first-order chi connectivity index (χ1) is 8.28. The molecule has 0 atom stereocenters. The van der Waals surface area contributed by atoms with E-state index in [2.05, 4.69) is 31.0 Å². The molecule has 0 amide bonds. The van der Waals surface area contributed by atoms with Crippen molar-refractivity contribution >= 4 is 11.8 Å². The number of hydrazine groups is 1. The molecule has 90 valence electrons. The zero-order valence-electron chi connectivity index (χ0n) is 9.46. The maximum absolute atomic E-state index is 5.27. The highest BCUT2D eigenvalue weighted by Gasteiger charge is 2.00. The predicted molar refractivity (Wildman–Crippen MR) is 63.1 cm³/mol. The van der Waals surface area contributed by atoms with Crippen LogP contribution in [0.4, 0.5) is 11.8 Å². The van der Waals surface area contributed by atoms with Crippen LogP contribution in [-0.2, 0) is 6.54 Å². The van der Waals surface area contributed by atoms with E-state index in [1.165, 1.54) is 0 Å². The van der Waals surface area contributed by atoms with Gasteiger partial charge in [-0.15, -0.1) is 5.10 Å². The molecule has 0 unspecified atom stereocenters. The molecule has 8 nitrogen and oxygen atoms in total. The highest BCUT2D eigenvalue weighted by atomic mass is 15.4. The number of nitrogen functional groups attached to an aromatic ring is 1. The van der Waals surface area contributed by atoms with E-state index in [9.17, 15) is 0 Å². The fourth-order valence-corrected chi connectivity index (χ4v) is 1.37. The van der Waals surface area contributed by atoms with Crippen LogP contribution >= 0.6 is 0 Å². The first-order valence-electron chi connectivity index (χ1n) is 5.18. The third-order valence-electron chi connectivity index (χ3n) is 2.10. The molecule has 0 aromatic carbocycles. The molecule has 0 aliphatic carbocycles. The number of nitrogens with one attached hydrogen (secondary N) is 2. The summed E-state index contributed by atoms with van der Waals surface area (Å²) in [5.74, 6) is 6.39. The third kappa shape index (κ3) is 3.11. The number of aryl methyl sites for hydroxylation is 1. The molecule has 0 bridgehead atoms. The van der Waals surface area contributed by atoms with Crippen molar-refractivity contribution in [3.05, 3.63) is 24.2 Å². The van der Waals surface area contributed by atoms with Gasteiger partial charge in [-0.25, -0.2) is 10.8 Å². The van der Waals surface area contributed by atoms with Crippen molar-refractivity contribution < 1.29 is 0 Å². The minimum Gasteiger partial charge on any atom is -0.368 e. The van der Waals surface area contributed by atoms with Crippen molar-refractivity contribution in [2.45, 2.75) is 13.5 Å². The maximum Gasteiger partial charge on any atom is 0.239 e. The zero-order chi connectivity index (χ0) is 12.1. The minimum absolute atomic E-state index is 0.397. The Kier molecular flexibility index (Phi) is 3.46. The van der Waals surface area contributed by atoms with Crippen LogP contribution in [0.2, 0.25) is 0 Å². The van der Waals surface area contributed by atoms with Crippen LogP contribution in [0.3, 0.4) is 0 Å². The summed E-state index contributed by atoms with van der Waals surface area (Å²) in [6.45, 7) is 3.30. The quantitative estimate of drug-likeness (QED) is 0.484. The SMILES string of the molecule is Cc1cc(NCCn2ccnn2)nc(NN)n1. The molecule has 2 heterocycles. The van der Waals surface area contributed by atoms with E-state index in [1.807, 2.05) is 13.0 Å². The molecule has 8 heteroatoms. The fourth-order valence-electron chi connectivity index (χ4n) is 1.37. The molecule has 0 aliphatic rings. The second-order valence-corrected chi connectivity index (χ2v) is 3.46. The van der Waals surface area contributed by atoms with Crippen LogP contribution < -0.4 is 16.6 Å². The summed E-state index contributed by atoms with van der Waals surface area (Å²) in [6, 6.07) is 1.85. The molecular weight excluding hydrogens is 220 g/mol. The first kappa shape index (κ1) is 11.3. The molecule has 2 rings (SSSR count). The van der Waals surface area contributed by atoms with E-state index < -0.39 is 0 Å². The van der Waals surface area contributed by atoms with Gasteiger partial charge in [0.1, 0.15) is 5.82 Å². The standard InChI is InChI=1S/C9H14N8/c1-7-6-8(14-9(13-7)15-10)11-2-4-17-5-3-12-16-17/h3,5-6H,2,4,10H2,1H3,(H2,11,13,14,15). The van der Waals surface area contributed by atoms with Gasteiger partial charge in [0.25, 0.3) is 0 Å². The van der Waals surface area contributed by atoms with Gasteiger partial charge in [-0.2, -0.15) is 4.98 Å². The number of hydrogen-bond donors (Lipinski definition) is 3. The molecule has 2 aromatic rings. The van der Waals surface area contributed by atoms with Gasteiger partial charge in [-0.1, -0.05) is 5.21 Å². The molecule has 0 spiro atoms. The summed E-state index contributed by atoms with van der Waals surface area (Å²) in [4.78, 5) is 8.26. The zero-order valence-corrected chi connectivity index (χ0v) is 9.46. The molecule has 0 radical (unpaired) electrons. The van der Waals surface area contributed by atoms with Gasteiger partial charge in [0.2, 0.25) is 5.95 Å². The smallest absolute Gasteiger partial charge is 0.239 e. The number of rotatable bonds is 5. The molecule has 0 saturated heterocycles. The van der Waals surface area contributed by atoms with Crippen molar-refractivity contribution in [1.29, 1.82) is 0 Å². The average Bonchev–Trinajstić information content (AvgIpc) is 2.81. The monoisotopic (exact) mass is 234 g/mol. The topological polar surface area (TPSA) is 107 Å². The number of nitrogens with zero attached hydrogens (tertiary/aromatic N) is 5. The van der Waals surface area contributed by atoms with Crippen LogP contribution in [-0.4, -0.2) is 31.5 Å². The van der Waals surface area contributed by atoms with Crippen LogP contribution in [0.5, 0.6) is 0 Å². The average molecular weight is 234 g/mol. The van der Waals surface area contributed by atoms with E-state index in [0.29, 0.717) is 19.0 Å². The van der Waals surface area contributed by atoms with Gasteiger partial charge in [-0.3, -0.25) is 10.1 Å². The Morgan fingerprint density at radius 3 is 3.00 bits per heavy atom. The van der Waals surface area contributed by atoms with Crippen molar-refractivity contribution in [2.75, 3.05) is 17.3 Å². The number of hydrogen-bond acceptors (Lipinski definition) is 7. The Morgan fingerprint density at radius 2 is 2.29 bits per heavy atom. The lowest BCUT2D eigenvalue weighted by Gasteiger charge is -2.07. The highest BCUT2D eigenvalue weighted by molar-refractivity contribution is 5.41. The van der Waals surface area contributed by atoms with Gasteiger partial charge in [0, 0.05) is 24.5 Å². The van der Waals surface area contributed by atoms with Gasteiger partial charge in [0.15, 0.2) is 0 Å². The van der Waals surface area contributed by atoms with Crippen LogP contribution in [0.15, 0.2) is 18.5 Å². The van der Waals surface area contributed by atoms with E-state index in [-0.39, 0.29) is 0 Å². The number of nitrogens with two attached hydrogens (primary N) is 1. The van der Waals surface area contributed by atoms with Crippen LogP contribution in [0.1, 0.15) is 5.69 Å². The summed E-state index contributed by atoms with van der Waals surface area (Å²) in [5, 5.41) is 10.7. The lowest BCUT2D eigenvalue weighted by atomic mass is 10.4. The second kappa shape index (κ2) is 5.21. The number of anilines is 2. The Morgan fingerprint density at radius 1 is 1.41 bits per heavy atom. The lowest BCUT2D eigenvalue weighted by Crippen LogP contribution is -2.15. The normalized spacial score (nSPS) is 10.2. The largest absolute Gasteiger partial charge is 0.368 e. The Labute approximate surface area is 98.2 Å². The summed E-state index contributed by atoms with van der Waals surface area (Å²) in [6.07, 6.45) is 3.45. The Balaban J connectivity index is 1.92. The van der Waals surface area contributed by atoms with Gasteiger partial charge in [0.05, 0.1) is 12.7 Å². The van der Waals surface area contributed by atoms with Crippen molar-refractivity contribution in [3.8, 4) is 0 Å². The van der Waals surface area contributed by atoms with Crippen LogP contribution in [0.25, 0.3) is 0 Å². The Hall–Kier alpha value is -2.22. The third-order valence-corrected chi connectivity index (χ3v) is 2.10. The molecule has 4 N–H and O–H groups in total. The van der Waals surface area contributed by atoms with Crippen molar-refractivity contribution in [3.63, 3.8) is 0 Å². The maximum atomic E-state index is 5.27. The molecule has 0 aliphatic heterocycles. The summed E-state index contributed by atoms with van der Waals surface area (Å²) in [5.41, 5.74) is 3.27. The molecular formula is C9H14N8. The lowest BCUT2D eigenvalue weighted by molar-refractivity contribution is 0.608. The molecule has 0 saturated carbocycles. The summed E-state index contributed by atoms with van der Waals surface area (Å²) < 4.78 is 1.74. The predicted octanol–water partition coefficient (Wildman–Crippen LogP) is -0.226. The molecule has 2 aromatic heterocycles. The second-order valence-electron chi connectivity index (χ2n) is 3.46. The minimum atomic E-state index is 0.397.